The summed E-state index contributed by atoms with van der Waals surface area (Å²) in [6.07, 6.45) is 3.90. The molecule has 0 N–H and O–H groups in total. The summed E-state index contributed by atoms with van der Waals surface area (Å²) in [6, 6.07) is 10.6. The molecule has 7 aliphatic rings. The quantitative estimate of drug-likeness (QED) is 0.247. The number of cyclic esters (lactones) is 4. The maximum Gasteiger partial charge on any atom is 0.346 e. The molecule has 9 unspecified atom stereocenters. The van der Waals surface area contributed by atoms with E-state index in [0.717, 1.165) is 25.7 Å². The van der Waals surface area contributed by atoms with Crippen LogP contribution in [0, 0.1) is 29.1 Å². The zero-order chi connectivity index (χ0) is 32.8. The summed E-state index contributed by atoms with van der Waals surface area (Å²) in [7, 11) is 0. The van der Waals surface area contributed by atoms with Crippen LogP contribution in [0.4, 0.5) is 0 Å². The molecule has 47 heavy (non-hydrogen) atoms. The molecule has 9 nitrogen and oxygen atoms in total. The van der Waals surface area contributed by atoms with E-state index in [4.69, 9.17) is 18.9 Å². The summed E-state index contributed by atoms with van der Waals surface area (Å²) < 4.78 is 23.3. The first-order valence-corrected chi connectivity index (χ1v) is 16.9. The average molecular weight is 639 g/mol. The first-order valence-electron chi connectivity index (χ1n) is 16.9. The van der Waals surface area contributed by atoms with E-state index in [-0.39, 0.29) is 57.6 Å². The molecule has 0 amide bonds. The molecule has 3 heterocycles. The van der Waals surface area contributed by atoms with Gasteiger partial charge in [-0.1, -0.05) is 45.9 Å². The summed E-state index contributed by atoms with van der Waals surface area (Å²) in [6.45, 7) is 9.32. The Morgan fingerprint density at radius 2 is 1.21 bits per heavy atom. The fraction of sp³-hybridized carbons (Fsp3) is 0.553. The van der Waals surface area contributed by atoms with Crippen molar-refractivity contribution in [1.29, 1.82) is 0 Å². The number of carbonyl (C=O) groups excluding carboxylic acids is 5. The Hall–Kier alpha value is -3.69. The number of ketones is 1. The standard InChI is InChI=1S/C38H38O9/c1-36(2)15-38(25-10-18(6-8-23(25)36)31(39)17-5-7-19-20(9-17)33(41)46-32(19)40)16-37(3,4)24-13-29-30(14-26(24)38)45-28-12-22-21(11-27(28)44-29)34(42)47-35(22)43/h5-10,21-22,24,26-30H,11-16H2,1-4H3. The van der Waals surface area contributed by atoms with Gasteiger partial charge in [0.1, 0.15) is 0 Å². The van der Waals surface area contributed by atoms with Crippen molar-refractivity contribution < 1.29 is 42.9 Å². The molecule has 4 aliphatic carbocycles. The van der Waals surface area contributed by atoms with E-state index in [1.165, 1.54) is 23.3 Å². The molecular formula is C38H38O9. The summed E-state index contributed by atoms with van der Waals surface area (Å²) >= 11 is 0. The van der Waals surface area contributed by atoms with E-state index >= 15 is 0 Å². The number of fused-ring (bicyclic) bond motifs is 8. The van der Waals surface area contributed by atoms with E-state index in [1.807, 2.05) is 6.07 Å². The fourth-order valence-corrected chi connectivity index (χ4v) is 11.2. The van der Waals surface area contributed by atoms with Crippen LogP contribution in [0.3, 0.4) is 0 Å². The van der Waals surface area contributed by atoms with Gasteiger partial charge in [0.15, 0.2) is 5.78 Å². The van der Waals surface area contributed by atoms with Crippen LogP contribution in [0.15, 0.2) is 36.4 Å². The summed E-state index contributed by atoms with van der Waals surface area (Å²) in [5.74, 6) is -2.69. The highest BCUT2D eigenvalue weighted by molar-refractivity contribution is 6.17. The zero-order valence-corrected chi connectivity index (χ0v) is 27.0. The van der Waals surface area contributed by atoms with Gasteiger partial charge in [0.2, 0.25) is 0 Å². The second-order valence-corrected chi connectivity index (χ2v) is 16.4. The van der Waals surface area contributed by atoms with Crippen molar-refractivity contribution in [3.8, 4) is 0 Å². The normalized spacial score (nSPS) is 38.6. The molecule has 2 aromatic rings. The van der Waals surface area contributed by atoms with Gasteiger partial charge >= 0.3 is 23.9 Å². The minimum absolute atomic E-state index is 0.0137. The third kappa shape index (κ3) is 4.05. The minimum Gasteiger partial charge on any atom is -0.393 e. The van der Waals surface area contributed by atoms with Crippen molar-refractivity contribution >= 4 is 29.7 Å². The fourth-order valence-electron chi connectivity index (χ4n) is 11.2. The highest BCUT2D eigenvalue weighted by Gasteiger charge is 2.66. The number of rotatable bonds is 2. The van der Waals surface area contributed by atoms with Gasteiger partial charge in [-0.25, -0.2) is 9.59 Å². The van der Waals surface area contributed by atoms with Crippen LogP contribution in [-0.4, -0.2) is 54.1 Å². The lowest BCUT2D eigenvalue weighted by Crippen LogP contribution is -2.57. The Morgan fingerprint density at radius 1 is 0.638 bits per heavy atom. The van der Waals surface area contributed by atoms with Crippen molar-refractivity contribution in [2.75, 3.05) is 0 Å². The number of hydrogen-bond donors (Lipinski definition) is 0. The van der Waals surface area contributed by atoms with Crippen LogP contribution < -0.4 is 0 Å². The summed E-state index contributed by atoms with van der Waals surface area (Å²) in [4.78, 5) is 62.8. The predicted octanol–water partition coefficient (Wildman–Crippen LogP) is 5.23. The Morgan fingerprint density at radius 3 is 1.89 bits per heavy atom. The maximum absolute atomic E-state index is 13.9. The summed E-state index contributed by atoms with van der Waals surface area (Å²) in [5.41, 5.74) is 3.45. The molecule has 3 saturated carbocycles. The van der Waals surface area contributed by atoms with Gasteiger partial charge in [-0.3, -0.25) is 14.4 Å². The van der Waals surface area contributed by atoms with Crippen LogP contribution in [0.1, 0.15) is 114 Å². The molecule has 3 aliphatic heterocycles. The highest BCUT2D eigenvalue weighted by atomic mass is 16.6. The van der Waals surface area contributed by atoms with Crippen LogP contribution in [0.5, 0.6) is 0 Å². The second-order valence-electron chi connectivity index (χ2n) is 16.4. The van der Waals surface area contributed by atoms with E-state index in [0.29, 0.717) is 35.8 Å². The Labute approximate surface area is 272 Å². The molecule has 2 saturated heterocycles. The molecule has 9 heteroatoms. The first-order chi connectivity index (χ1) is 22.3. The van der Waals surface area contributed by atoms with E-state index < -0.39 is 35.7 Å². The van der Waals surface area contributed by atoms with Gasteiger partial charge in [0, 0.05) is 16.5 Å². The lowest BCUT2D eigenvalue weighted by atomic mass is 9.63. The van der Waals surface area contributed by atoms with Gasteiger partial charge < -0.3 is 18.9 Å². The third-order valence-corrected chi connectivity index (χ3v) is 12.9. The van der Waals surface area contributed by atoms with E-state index in [9.17, 15) is 24.0 Å². The van der Waals surface area contributed by atoms with Crippen LogP contribution in [0.2, 0.25) is 0 Å². The van der Waals surface area contributed by atoms with Crippen molar-refractivity contribution in [1.82, 2.24) is 0 Å². The van der Waals surface area contributed by atoms with E-state index in [1.54, 1.807) is 6.07 Å². The number of esters is 4. The van der Waals surface area contributed by atoms with Gasteiger partial charge in [-0.15, -0.1) is 0 Å². The van der Waals surface area contributed by atoms with Gasteiger partial charge in [-0.2, -0.15) is 0 Å². The number of ether oxygens (including phenoxy) is 4. The third-order valence-electron chi connectivity index (χ3n) is 12.9. The molecule has 1 spiro atoms. The molecule has 5 fully saturated rings. The zero-order valence-electron chi connectivity index (χ0n) is 27.0. The first kappa shape index (κ1) is 29.4. The highest BCUT2D eigenvalue weighted by Crippen LogP contribution is 2.69. The minimum atomic E-state index is -0.728. The largest absolute Gasteiger partial charge is 0.393 e. The number of benzene rings is 2. The van der Waals surface area contributed by atoms with E-state index in [2.05, 4.69) is 39.8 Å². The van der Waals surface area contributed by atoms with Crippen molar-refractivity contribution in [2.24, 2.45) is 29.1 Å². The number of carbonyl (C=O) groups is 5. The molecule has 244 valence electrons. The molecular weight excluding hydrogens is 600 g/mol. The maximum atomic E-state index is 13.9. The Balaban J connectivity index is 1.05. The number of hydrogen-bond acceptors (Lipinski definition) is 9. The lowest BCUT2D eigenvalue weighted by Gasteiger charge is -2.52. The summed E-state index contributed by atoms with van der Waals surface area (Å²) in [5, 5.41) is 0. The molecule has 0 bridgehead atoms. The molecule has 2 aromatic carbocycles. The Kier molecular flexibility index (Phi) is 5.93. The lowest BCUT2D eigenvalue weighted by molar-refractivity contribution is -0.259. The average Bonchev–Trinajstić information content (AvgIpc) is 3.63. The van der Waals surface area contributed by atoms with Crippen LogP contribution >= 0.6 is 0 Å². The monoisotopic (exact) mass is 638 g/mol. The topological polar surface area (TPSA) is 122 Å². The van der Waals surface area contributed by atoms with Gasteiger partial charge in [0.25, 0.3) is 0 Å². The van der Waals surface area contributed by atoms with Crippen molar-refractivity contribution in [3.05, 3.63) is 69.8 Å². The van der Waals surface area contributed by atoms with Crippen molar-refractivity contribution in [2.45, 2.75) is 101 Å². The smallest absolute Gasteiger partial charge is 0.346 e. The predicted molar refractivity (Wildman–Crippen MR) is 165 cm³/mol. The molecule has 0 aromatic heterocycles. The molecule has 0 radical (unpaired) electrons. The molecule has 9 rings (SSSR count). The van der Waals surface area contributed by atoms with Crippen molar-refractivity contribution in [3.63, 3.8) is 0 Å². The molecule has 9 atom stereocenters. The van der Waals surface area contributed by atoms with Gasteiger partial charge in [-0.05, 0) is 90.5 Å². The SMILES string of the molecule is CC1(C)CC2(CC(C)(C)C3CC4OC5CC6C(=O)OC(=O)C6CC5OC4CC32)c2cc(C(=O)c3ccc4c(c3)C(=O)OC4=O)ccc21. The van der Waals surface area contributed by atoms with Gasteiger partial charge in [0.05, 0.1) is 47.4 Å². The van der Waals surface area contributed by atoms with Crippen LogP contribution in [0.25, 0.3) is 0 Å². The second kappa shape index (κ2) is 9.47. The Bertz CT molecular complexity index is 1820. The van der Waals surface area contributed by atoms with Crippen LogP contribution in [-0.2, 0) is 39.4 Å².